The number of hydrogen-bond acceptors (Lipinski definition) is 3. The number of amides is 2. The van der Waals surface area contributed by atoms with Crippen LogP contribution in [-0.2, 0) is 16.0 Å². The Hall–Kier alpha value is -2.69. The number of carbonyl (C=O) groups is 2. The van der Waals surface area contributed by atoms with E-state index < -0.39 is 0 Å². The number of anilines is 2. The van der Waals surface area contributed by atoms with Crippen molar-refractivity contribution >= 4 is 23.3 Å². The first kappa shape index (κ1) is 15.2. The summed E-state index contributed by atoms with van der Waals surface area (Å²) < 4.78 is 0. The molecule has 1 aromatic carbocycles. The zero-order valence-electron chi connectivity index (χ0n) is 13.0. The molecule has 0 fully saturated rings. The van der Waals surface area contributed by atoms with Gasteiger partial charge in [-0.25, -0.2) is 4.98 Å². The Bertz CT molecular complexity index is 743. The highest BCUT2D eigenvalue weighted by Crippen LogP contribution is 2.27. The molecule has 0 spiro atoms. The van der Waals surface area contributed by atoms with Crippen molar-refractivity contribution in [3.63, 3.8) is 0 Å². The number of aromatic nitrogens is 1. The minimum Gasteiger partial charge on any atom is -0.326 e. The molecule has 1 aliphatic rings. The van der Waals surface area contributed by atoms with Crippen LogP contribution in [0.4, 0.5) is 11.5 Å². The molecular formula is C18H19N3O2. The summed E-state index contributed by atoms with van der Waals surface area (Å²) in [6.07, 6.45) is 3.17. The molecule has 118 valence electrons. The van der Waals surface area contributed by atoms with Crippen molar-refractivity contribution in [1.29, 1.82) is 0 Å². The van der Waals surface area contributed by atoms with E-state index in [1.807, 2.05) is 43.3 Å². The summed E-state index contributed by atoms with van der Waals surface area (Å²) in [4.78, 5) is 28.3. The van der Waals surface area contributed by atoms with Gasteiger partial charge in [0, 0.05) is 24.2 Å². The SMILES string of the molecule is Cc1ccnc(NC(=O)CCC2Cc3ccccc3NC2=O)c1. The van der Waals surface area contributed by atoms with E-state index in [1.165, 1.54) is 0 Å². The normalized spacial score (nSPS) is 16.4. The third kappa shape index (κ3) is 3.74. The molecular weight excluding hydrogens is 290 g/mol. The summed E-state index contributed by atoms with van der Waals surface area (Å²) in [6.45, 7) is 1.95. The third-order valence-corrected chi connectivity index (χ3v) is 4.02. The van der Waals surface area contributed by atoms with Gasteiger partial charge in [0.25, 0.3) is 0 Å². The number of pyridine rings is 1. The average molecular weight is 309 g/mol. The molecule has 3 rings (SSSR count). The Morgan fingerprint density at radius 3 is 3.00 bits per heavy atom. The lowest BCUT2D eigenvalue weighted by molar-refractivity contribution is -0.121. The summed E-state index contributed by atoms with van der Waals surface area (Å²) >= 11 is 0. The monoisotopic (exact) mass is 309 g/mol. The van der Waals surface area contributed by atoms with E-state index in [4.69, 9.17) is 0 Å². The van der Waals surface area contributed by atoms with Gasteiger partial charge in [0.1, 0.15) is 5.82 Å². The maximum atomic E-state index is 12.1. The first-order valence-electron chi connectivity index (χ1n) is 7.73. The Labute approximate surface area is 135 Å². The second-order valence-corrected chi connectivity index (χ2v) is 5.85. The van der Waals surface area contributed by atoms with Crippen LogP contribution in [0.5, 0.6) is 0 Å². The van der Waals surface area contributed by atoms with Gasteiger partial charge in [-0.2, -0.15) is 0 Å². The van der Waals surface area contributed by atoms with Gasteiger partial charge in [0.05, 0.1) is 0 Å². The predicted octanol–water partition coefficient (Wildman–Crippen LogP) is 2.92. The topological polar surface area (TPSA) is 71.1 Å². The highest BCUT2D eigenvalue weighted by Gasteiger charge is 2.26. The largest absolute Gasteiger partial charge is 0.326 e. The lowest BCUT2D eigenvalue weighted by atomic mass is 9.89. The number of aryl methyl sites for hydroxylation is 1. The van der Waals surface area contributed by atoms with Crippen LogP contribution >= 0.6 is 0 Å². The first-order chi connectivity index (χ1) is 11.1. The summed E-state index contributed by atoms with van der Waals surface area (Å²) in [5.41, 5.74) is 3.04. The quantitative estimate of drug-likeness (QED) is 0.912. The molecule has 0 saturated heterocycles. The molecule has 1 atom stereocenters. The Balaban J connectivity index is 1.56. The Morgan fingerprint density at radius 2 is 2.17 bits per heavy atom. The van der Waals surface area contributed by atoms with Gasteiger partial charge >= 0.3 is 0 Å². The lowest BCUT2D eigenvalue weighted by Crippen LogP contribution is -2.30. The van der Waals surface area contributed by atoms with Crippen molar-refractivity contribution in [2.75, 3.05) is 10.6 Å². The number of hydrogen-bond donors (Lipinski definition) is 2. The van der Waals surface area contributed by atoms with E-state index in [-0.39, 0.29) is 17.7 Å². The second kappa shape index (κ2) is 6.60. The van der Waals surface area contributed by atoms with Crippen LogP contribution in [0.1, 0.15) is 24.0 Å². The minimum atomic E-state index is -0.166. The molecule has 2 aromatic rings. The Kier molecular flexibility index (Phi) is 4.37. The van der Waals surface area contributed by atoms with Gasteiger partial charge in [-0.1, -0.05) is 18.2 Å². The molecule has 0 radical (unpaired) electrons. The summed E-state index contributed by atoms with van der Waals surface area (Å²) in [5, 5.41) is 5.68. The van der Waals surface area contributed by atoms with E-state index in [9.17, 15) is 9.59 Å². The van der Waals surface area contributed by atoms with Crippen molar-refractivity contribution in [2.24, 2.45) is 5.92 Å². The summed E-state index contributed by atoms with van der Waals surface area (Å²) in [5.74, 6) is 0.259. The molecule has 1 unspecified atom stereocenters. The number of nitrogens with one attached hydrogen (secondary N) is 2. The van der Waals surface area contributed by atoms with E-state index >= 15 is 0 Å². The van der Waals surface area contributed by atoms with Crippen molar-refractivity contribution in [3.8, 4) is 0 Å². The van der Waals surface area contributed by atoms with E-state index in [1.54, 1.807) is 6.20 Å². The highest BCUT2D eigenvalue weighted by atomic mass is 16.2. The van der Waals surface area contributed by atoms with E-state index in [2.05, 4.69) is 15.6 Å². The number of para-hydroxylation sites is 1. The smallest absolute Gasteiger partial charge is 0.227 e. The molecule has 0 aliphatic carbocycles. The van der Waals surface area contributed by atoms with E-state index in [0.29, 0.717) is 25.1 Å². The van der Waals surface area contributed by atoms with Gasteiger partial charge in [-0.3, -0.25) is 9.59 Å². The summed E-state index contributed by atoms with van der Waals surface area (Å²) in [7, 11) is 0. The van der Waals surface area contributed by atoms with Crippen LogP contribution in [0.2, 0.25) is 0 Å². The molecule has 2 heterocycles. The number of rotatable bonds is 4. The van der Waals surface area contributed by atoms with Gasteiger partial charge in [-0.05, 0) is 49.1 Å². The maximum absolute atomic E-state index is 12.1. The van der Waals surface area contributed by atoms with Gasteiger partial charge in [-0.15, -0.1) is 0 Å². The number of nitrogens with zero attached hydrogens (tertiary/aromatic N) is 1. The van der Waals surface area contributed by atoms with Gasteiger partial charge in [0.2, 0.25) is 11.8 Å². The highest BCUT2D eigenvalue weighted by molar-refractivity contribution is 5.96. The fourth-order valence-corrected chi connectivity index (χ4v) is 2.76. The van der Waals surface area contributed by atoms with E-state index in [0.717, 1.165) is 16.8 Å². The Morgan fingerprint density at radius 1 is 1.35 bits per heavy atom. The van der Waals surface area contributed by atoms with Crippen molar-refractivity contribution in [1.82, 2.24) is 4.98 Å². The van der Waals surface area contributed by atoms with Crippen molar-refractivity contribution < 1.29 is 9.59 Å². The van der Waals surface area contributed by atoms with Crippen LogP contribution in [0.3, 0.4) is 0 Å². The zero-order chi connectivity index (χ0) is 16.2. The standard InChI is InChI=1S/C18H19N3O2/c1-12-8-9-19-16(10-12)21-17(22)7-6-14-11-13-4-2-3-5-15(13)20-18(14)23/h2-5,8-10,14H,6-7,11H2,1H3,(H,20,23)(H,19,21,22). The molecule has 1 aromatic heterocycles. The molecule has 2 N–H and O–H groups in total. The fourth-order valence-electron chi connectivity index (χ4n) is 2.76. The number of carbonyl (C=O) groups excluding carboxylic acids is 2. The number of benzene rings is 1. The van der Waals surface area contributed by atoms with Gasteiger partial charge < -0.3 is 10.6 Å². The molecule has 0 saturated carbocycles. The number of fused-ring (bicyclic) bond motifs is 1. The lowest BCUT2D eigenvalue weighted by Gasteiger charge is -2.24. The zero-order valence-corrected chi connectivity index (χ0v) is 13.0. The van der Waals surface area contributed by atoms with Crippen LogP contribution in [0, 0.1) is 12.8 Å². The van der Waals surface area contributed by atoms with Crippen molar-refractivity contribution in [2.45, 2.75) is 26.2 Å². The van der Waals surface area contributed by atoms with Gasteiger partial charge in [0.15, 0.2) is 0 Å². The van der Waals surface area contributed by atoms with Crippen molar-refractivity contribution in [3.05, 3.63) is 53.7 Å². The van der Waals surface area contributed by atoms with Crippen LogP contribution in [0.25, 0.3) is 0 Å². The fraction of sp³-hybridized carbons (Fsp3) is 0.278. The molecule has 5 nitrogen and oxygen atoms in total. The predicted molar refractivity (Wildman–Crippen MR) is 89.1 cm³/mol. The third-order valence-electron chi connectivity index (χ3n) is 4.02. The average Bonchev–Trinajstić information content (AvgIpc) is 2.53. The second-order valence-electron chi connectivity index (χ2n) is 5.85. The summed E-state index contributed by atoms with van der Waals surface area (Å²) in [6, 6.07) is 11.5. The van der Waals surface area contributed by atoms with Crippen LogP contribution in [0.15, 0.2) is 42.6 Å². The molecule has 1 aliphatic heterocycles. The molecule has 5 heteroatoms. The maximum Gasteiger partial charge on any atom is 0.227 e. The molecule has 2 amide bonds. The van der Waals surface area contributed by atoms with Crippen LogP contribution in [-0.4, -0.2) is 16.8 Å². The first-order valence-corrected chi connectivity index (χ1v) is 7.73. The minimum absolute atomic E-state index is 0.00909. The molecule has 23 heavy (non-hydrogen) atoms. The molecule has 0 bridgehead atoms. The van der Waals surface area contributed by atoms with Crippen LogP contribution < -0.4 is 10.6 Å².